The van der Waals surface area contributed by atoms with E-state index in [2.05, 4.69) is 40.9 Å². The second-order valence-corrected chi connectivity index (χ2v) is 6.08. The third-order valence-electron chi connectivity index (χ3n) is 2.96. The van der Waals surface area contributed by atoms with Crippen LogP contribution in [0, 0.1) is 3.77 Å². The van der Waals surface area contributed by atoms with Crippen molar-refractivity contribution in [3.63, 3.8) is 0 Å². The van der Waals surface area contributed by atoms with E-state index in [-0.39, 0.29) is 12.1 Å². The van der Waals surface area contributed by atoms with Crippen LogP contribution in [0.5, 0.6) is 5.75 Å². The summed E-state index contributed by atoms with van der Waals surface area (Å²) in [5.74, 6) is 1.89. The molecule has 0 saturated carbocycles. The van der Waals surface area contributed by atoms with Crippen LogP contribution in [0.1, 0.15) is 38.1 Å². The van der Waals surface area contributed by atoms with E-state index in [4.69, 9.17) is 9.15 Å². The van der Waals surface area contributed by atoms with Crippen molar-refractivity contribution in [1.29, 1.82) is 0 Å². The first kappa shape index (κ1) is 15.4. The molecule has 20 heavy (non-hydrogen) atoms. The molecule has 0 amide bonds. The highest BCUT2D eigenvalue weighted by molar-refractivity contribution is 14.1. The number of ether oxygens (including phenoxy) is 1. The third kappa shape index (κ3) is 4.24. The summed E-state index contributed by atoms with van der Waals surface area (Å²) in [4.78, 5) is 0. The standard InChI is InChI=1S/C16H20INO2/c1-11(2)19-15-7-5-4-6-14(15)12(3)18-10-13-8-9-16(17)20-13/h4-9,11-12,18H,10H2,1-3H3. The molecule has 0 aliphatic heterocycles. The van der Waals surface area contributed by atoms with Crippen molar-refractivity contribution in [1.82, 2.24) is 5.32 Å². The maximum Gasteiger partial charge on any atom is 0.164 e. The zero-order valence-electron chi connectivity index (χ0n) is 12.0. The zero-order chi connectivity index (χ0) is 14.5. The molecule has 0 saturated heterocycles. The van der Waals surface area contributed by atoms with Crippen molar-refractivity contribution in [2.45, 2.75) is 39.5 Å². The Morgan fingerprint density at radius 1 is 1.15 bits per heavy atom. The van der Waals surface area contributed by atoms with Crippen molar-refractivity contribution in [3.8, 4) is 5.75 Å². The van der Waals surface area contributed by atoms with Gasteiger partial charge in [0, 0.05) is 11.6 Å². The summed E-state index contributed by atoms with van der Waals surface area (Å²) in [5, 5.41) is 3.47. The molecule has 1 unspecified atom stereocenters. The van der Waals surface area contributed by atoms with E-state index in [0.717, 1.165) is 15.3 Å². The van der Waals surface area contributed by atoms with Gasteiger partial charge in [0.2, 0.25) is 0 Å². The van der Waals surface area contributed by atoms with E-state index in [0.29, 0.717) is 6.54 Å². The third-order valence-corrected chi connectivity index (χ3v) is 3.54. The molecule has 0 fully saturated rings. The Bertz CT molecular complexity index is 551. The van der Waals surface area contributed by atoms with Crippen molar-refractivity contribution in [2.24, 2.45) is 0 Å². The van der Waals surface area contributed by atoms with Crippen LogP contribution in [0.15, 0.2) is 40.8 Å². The molecule has 0 aliphatic carbocycles. The first-order valence-electron chi connectivity index (χ1n) is 6.79. The minimum atomic E-state index is 0.176. The number of rotatable bonds is 6. The van der Waals surface area contributed by atoms with Gasteiger partial charge in [0.05, 0.1) is 12.6 Å². The van der Waals surface area contributed by atoms with Crippen LogP contribution in [0.3, 0.4) is 0 Å². The average Bonchev–Trinajstić information content (AvgIpc) is 2.82. The van der Waals surface area contributed by atoms with E-state index >= 15 is 0 Å². The first-order valence-corrected chi connectivity index (χ1v) is 7.87. The zero-order valence-corrected chi connectivity index (χ0v) is 14.2. The maximum absolute atomic E-state index is 5.86. The largest absolute Gasteiger partial charge is 0.491 e. The van der Waals surface area contributed by atoms with Gasteiger partial charge in [-0.3, -0.25) is 0 Å². The summed E-state index contributed by atoms with van der Waals surface area (Å²) in [6.45, 7) is 6.93. The van der Waals surface area contributed by atoms with Crippen molar-refractivity contribution in [3.05, 3.63) is 51.5 Å². The van der Waals surface area contributed by atoms with Crippen molar-refractivity contribution in [2.75, 3.05) is 0 Å². The van der Waals surface area contributed by atoms with Gasteiger partial charge in [0.1, 0.15) is 11.5 Å². The summed E-state index contributed by atoms with van der Waals surface area (Å²) < 4.78 is 12.3. The Hall–Kier alpha value is -1.01. The lowest BCUT2D eigenvalue weighted by molar-refractivity contribution is 0.238. The molecule has 108 valence electrons. The molecule has 1 aromatic carbocycles. The number of para-hydroxylation sites is 1. The monoisotopic (exact) mass is 385 g/mol. The molecule has 2 aromatic rings. The van der Waals surface area contributed by atoms with Gasteiger partial charge < -0.3 is 14.5 Å². The minimum absolute atomic E-state index is 0.176. The van der Waals surface area contributed by atoms with E-state index in [1.807, 2.05) is 44.2 Å². The molecule has 4 heteroatoms. The molecular formula is C16H20INO2. The topological polar surface area (TPSA) is 34.4 Å². The van der Waals surface area contributed by atoms with Gasteiger partial charge in [-0.25, -0.2) is 0 Å². The number of halogens is 1. The summed E-state index contributed by atoms with van der Waals surface area (Å²) in [5.41, 5.74) is 1.17. The quantitative estimate of drug-likeness (QED) is 0.743. The average molecular weight is 385 g/mol. The molecule has 1 N–H and O–H groups in total. The first-order chi connectivity index (χ1) is 9.56. The number of furan rings is 1. The normalized spacial score (nSPS) is 12.7. The van der Waals surface area contributed by atoms with Crippen LogP contribution in [-0.2, 0) is 6.54 Å². The fourth-order valence-electron chi connectivity index (χ4n) is 2.01. The summed E-state index contributed by atoms with van der Waals surface area (Å²) in [6.07, 6.45) is 0.176. The molecule has 2 rings (SSSR count). The van der Waals surface area contributed by atoms with Crippen LogP contribution in [0.2, 0.25) is 0 Å². The highest BCUT2D eigenvalue weighted by Crippen LogP contribution is 2.26. The Labute approximate surface area is 133 Å². The molecule has 0 bridgehead atoms. The van der Waals surface area contributed by atoms with Crippen LogP contribution in [-0.4, -0.2) is 6.10 Å². The predicted molar refractivity (Wildman–Crippen MR) is 88.9 cm³/mol. The number of benzene rings is 1. The lowest BCUT2D eigenvalue weighted by Gasteiger charge is -2.19. The molecule has 0 radical (unpaired) electrons. The van der Waals surface area contributed by atoms with Gasteiger partial charge in [-0.2, -0.15) is 0 Å². The van der Waals surface area contributed by atoms with Crippen LogP contribution < -0.4 is 10.1 Å². The number of hydrogen-bond acceptors (Lipinski definition) is 3. The lowest BCUT2D eigenvalue weighted by Crippen LogP contribution is -2.19. The van der Waals surface area contributed by atoms with Crippen LogP contribution >= 0.6 is 22.6 Å². The van der Waals surface area contributed by atoms with Crippen molar-refractivity contribution >= 4 is 22.6 Å². The van der Waals surface area contributed by atoms with Gasteiger partial charge in [0.15, 0.2) is 3.77 Å². The predicted octanol–water partition coefficient (Wildman–Crippen LogP) is 4.52. The molecule has 0 aliphatic rings. The molecule has 3 nitrogen and oxygen atoms in total. The van der Waals surface area contributed by atoms with Crippen LogP contribution in [0.4, 0.5) is 0 Å². The number of nitrogens with one attached hydrogen (secondary N) is 1. The van der Waals surface area contributed by atoms with E-state index in [1.54, 1.807) is 0 Å². The fraction of sp³-hybridized carbons (Fsp3) is 0.375. The Morgan fingerprint density at radius 2 is 1.90 bits per heavy atom. The van der Waals surface area contributed by atoms with Gasteiger partial charge in [-0.1, -0.05) is 18.2 Å². The minimum Gasteiger partial charge on any atom is -0.491 e. The fourth-order valence-corrected chi connectivity index (χ4v) is 2.47. The Balaban J connectivity index is 2.03. The number of hydrogen-bond donors (Lipinski definition) is 1. The van der Waals surface area contributed by atoms with Gasteiger partial charge in [0.25, 0.3) is 0 Å². The molecule has 1 heterocycles. The van der Waals surface area contributed by atoms with E-state index < -0.39 is 0 Å². The lowest BCUT2D eigenvalue weighted by atomic mass is 10.1. The second-order valence-electron chi connectivity index (χ2n) is 5.01. The van der Waals surface area contributed by atoms with E-state index in [9.17, 15) is 0 Å². The summed E-state index contributed by atoms with van der Waals surface area (Å²) in [7, 11) is 0. The van der Waals surface area contributed by atoms with E-state index in [1.165, 1.54) is 5.56 Å². The van der Waals surface area contributed by atoms with Gasteiger partial charge >= 0.3 is 0 Å². The molecular weight excluding hydrogens is 365 g/mol. The Kier molecular flexibility index (Phi) is 5.48. The summed E-state index contributed by atoms with van der Waals surface area (Å²) >= 11 is 2.17. The van der Waals surface area contributed by atoms with Crippen LogP contribution in [0.25, 0.3) is 0 Å². The van der Waals surface area contributed by atoms with Gasteiger partial charge in [-0.05, 0) is 61.6 Å². The van der Waals surface area contributed by atoms with Crippen molar-refractivity contribution < 1.29 is 9.15 Å². The smallest absolute Gasteiger partial charge is 0.164 e. The van der Waals surface area contributed by atoms with Gasteiger partial charge in [-0.15, -0.1) is 0 Å². The highest BCUT2D eigenvalue weighted by Gasteiger charge is 2.12. The molecule has 1 aromatic heterocycles. The molecule has 1 atom stereocenters. The molecule has 0 spiro atoms. The second kappa shape index (κ2) is 7.13. The maximum atomic E-state index is 5.86. The SMILES string of the molecule is CC(C)Oc1ccccc1C(C)NCc1ccc(I)o1. The summed E-state index contributed by atoms with van der Waals surface area (Å²) in [6, 6.07) is 12.3. The Morgan fingerprint density at radius 3 is 2.55 bits per heavy atom. The highest BCUT2D eigenvalue weighted by atomic mass is 127.